The number of benzene rings is 2. The van der Waals surface area contributed by atoms with Crippen molar-refractivity contribution >= 4 is 84.7 Å². The molecule has 1 amide bonds. The number of carbonyl (C=O) groups is 1. The van der Waals surface area contributed by atoms with Gasteiger partial charge in [-0.25, -0.2) is 4.98 Å². The highest BCUT2D eigenvalue weighted by molar-refractivity contribution is 7.80. The first kappa shape index (κ1) is 20.1. The van der Waals surface area contributed by atoms with Crippen LogP contribution in [0.3, 0.4) is 0 Å². The standard InChI is InChI=1S/C19H10Cl3N3O2S2/c20-10-2-4-13-16(8-10)29-19(23-13)25-18(28)24-17(26)15-6-5-14(27-15)9-1-3-11(21)12(22)7-9/h1-8H,(H2,23,24,25,26,28). The summed E-state index contributed by atoms with van der Waals surface area (Å²) in [5, 5.41) is 7.57. The predicted octanol–water partition coefficient (Wildman–Crippen LogP) is 6.64. The van der Waals surface area contributed by atoms with Crippen LogP contribution in [0.25, 0.3) is 21.5 Å². The highest BCUT2D eigenvalue weighted by Gasteiger charge is 2.15. The van der Waals surface area contributed by atoms with Crippen molar-refractivity contribution in [2.24, 2.45) is 0 Å². The van der Waals surface area contributed by atoms with Gasteiger partial charge in [-0.3, -0.25) is 10.1 Å². The smallest absolute Gasteiger partial charge is 0.293 e. The minimum Gasteiger partial charge on any atom is -0.451 e. The van der Waals surface area contributed by atoms with Gasteiger partial charge in [0.05, 0.1) is 20.3 Å². The third kappa shape index (κ3) is 4.55. The molecule has 29 heavy (non-hydrogen) atoms. The first-order chi connectivity index (χ1) is 13.9. The number of thiazole rings is 1. The Bertz CT molecular complexity index is 1250. The zero-order chi connectivity index (χ0) is 20.5. The summed E-state index contributed by atoms with van der Waals surface area (Å²) in [5.41, 5.74) is 1.49. The molecule has 0 radical (unpaired) electrons. The zero-order valence-electron chi connectivity index (χ0n) is 14.3. The van der Waals surface area contributed by atoms with Crippen molar-refractivity contribution in [3.05, 3.63) is 69.4 Å². The maximum Gasteiger partial charge on any atom is 0.293 e. The SMILES string of the molecule is O=C(NC(=S)Nc1nc2ccc(Cl)cc2s1)c1ccc(-c2ccc(Cl)c(Cl)c2)o1. The van der Waals surface area contributed by atoms with Crippen molar-refractivity contribution in [3.63, 3.8) is 0 Å². The minimum absolute atomic E-state index is 0.103. The van der Waals surface area contributed by atoms with Crippen LogP contribution in [-0.4, -0.2) is 16.0 Å². The molecule has 5 nitrogen and oxygen atoms in total. The fourth-order valence-electron chi connectivity index (χ4n) is 2.51. The van der Waals surface area contributed by atoms with Gasteiger partial charge in [-0.1, -0.05) is 46.1 Å². The first-order valence-electron chi connectivity index (χ1n) is 8.13. The summed E-state index contributed by atoms with van der Waals surface area (Å²) in [5.74, 6) is 0.0971. The number of halogens is 3. The Morgan fingerprint density at radius 1 is 1.03 bits per heavy atom. The van der Waals surface area contributed by atoms with Crippen molar-refractivity contribution in [3.8, 4) is 11.3 Å². The van der Waals surface area contributed by atoms with Crippen LogP contribution in [0.2, 0.25) is 15.1 Å². The molecule has 0 bridgehead atoms. The van der Waals surface area contributed by atoms with E-state index >= 15 is 0 Å². The number of amides is 1. The van der Waals surface area contributed by atoms with Crippen LogP contribution in [0.4, 0.5) is 5.13 Å². The normalized spacial score (nSPS) is 10.9. The third-order valence-electron chi connectivity index (χ3n) is 3.83. The van der Waals surface area contributed by atoms with E-state index in [1.807, 2.05) is 12.1 Å². The minimum atomic E-state index is -0.488. The molecular weight excluding hydrogens is 473 g/mol. The lowest BCUT2D eigenvalue weighted by atomic mass is 10.2. The Labute approximate surface area is 189 Å². The Balaban J connectivity index is 1.44. The zero-order valence-corrected chi connectivity index (χ0v) is 18.2. The maximum absolute atomic E-state index is 12.4. The van der Waals surface area contributed by atoms with Gasteiger partial charge in [-0.2, -0.15) is 0 Å². The number of carbonyl (C=O) groups excluding carboxylic acids is 1. The van der Waals surface area contributed by atoms with Crippen LogP contribution in [0, 0.1) is 0 Å². The van der Waals surface area contributed by atoms with E-state index in [2.05, 4.69) is 15.6 Å². The molecule has 146 valence electrons. The number of nitrogens with one attached hydrogen (secondary N) is 2. The van der Waals surface area contributed by atoms with Gasteiger partial charge in [0.25, 0.3) is 5.91 Å². The maximum atomic E-state index is 12.4. The molecule has 2 heterocycles. The number of aromatic nitrogens is 1. The van der Waals surface area contributed by atoms with Gasteiger partial charge in [-0.15, -0.1) is 0 Å². The number of hydrogen-bond donors (Lipinski definition) is 2. The average molecular weight is 483 g/mol. The molecule has 2 aromatic heterocycles. The van der Waals surface area contributed by atoms with Crippen LogP contribution in [0.1, 0.15) is 10.6 Å². The third-order valence-corrected chi connectivity index (χ3v) is 5.94. The van der Waals surface area contributed by atoms with Crippen LogP contribution in [-0.2, 0) is 0 Å². The van der Waals surface area contributed by atoms with E-state index in [1.165, 1.54) is 11.3 Å². The lowest BCUT2D eigenvalue weighted by Gasteiger charge is -2.05. The summed E-state index contributed by atoms with van der Waals surface area (Å²) in [6.45, 7) is 0. The molecule has 0 saturated heterocycles. The summed E-state index contributed by atoms with van der Waals surface area (Å²) in [7, 11) is 0. The molecule has 0 fully saturated rings. The number of anilines is 1. The Morgan fingerprint density at radius 3 is 2.66 bits per heavy atom. The molecule has 10 heteroatoms. The fourth-order valence-corrected chi connectivity index (χ4v) is 4.21. The molecule has 4 aromatic rings. The number of hydrogen-bond acceptors (Lipinski definition) is 5. The van der Waals surface area contributed by atoms with Crippen LogP contribution < -0.4 is 10.6 Å². The highest BCUT2D eigenvalue weighted by Crippen LogP contribution is 2.30. The topological polar surface area (TPSA) is 67.2 Å². The summed E-state index contributed by atoms with van der Waals surface area (Å²) < 4.78 is 6.52. The molecule has 0 saturated carbocycles. The predicted molar refractivity (Wildman–Crippen MR) is 122 cm³/mol. The van der Waals surface area contributed by atoms with Crippen molar-refractivity contribution in [1.82, 2.24) is 10.3 Å². The molecule has 0 spiro atoms. The molecule has 0 aliphatic carbocycles. The molecule has 2 aromatic carbocycles. The number of thiocarbonyl (C=S) groups is 1. The Morgan fingerprint density at radius 2 is 1.86 bits per heavy atom. The highest BCUT2D eigenvalue weighted by atomic mass is 35.5. The van der Waals surface area contributed by atoms with Crippen molar-refractivity contribution in [1.29, 1.82) is 0 Å². The Hall–Kier alpha value is -2.16. The first-order valence-corrected chi connectivity index (χ1v) is 10.5. The summed E-state index contributed by atoms with van der Waals surface area (Å²) >= 11 is 24.5. The van der Waals surface area contributed by atoms with Crippen molar-refractivity contribution in [2.45, 2.75) is 0 Å². The second kappa shape index (κ2) is 8.30. The molecule has 0 aliphatic rings. The number of rotatable bonds is 3. The summed E-state index contributed by atoms with van der Waals surface area (Å²) in [4.78, 5) is 16.8. The van der Waals surface area contributed by atoms with E-state index in [0.29, 0.717) is 31.5 Å². The number of furan rings is 1. The van der Waals surface area contributed by atoms with Crippen molar-refractivity contribution < 1.29 is 9.21 Å². The summed E-state index contributed by atoms with van der Waals surface area (Å²) in [6, 6.07) is 13.7. The van der Waals surface area contributed by atoms with Crippen LogP contribution >= 0.6 is 58.4 Å². The monoisotopic (exact) mass is 481 g/mol. The van der Waals surface area contributed by atoms with Gasteiger partial charge in [0.1, 0.15) is 5.76 Å². The second-order valence-electron chi connectivity index (χ2n) is 5.83. The molecule has 2 N–H and O–H groups in total. The van der Waals surface area contributed by atoms with E-state index in [-0.39, 0.29) is 10.9 Å². The van der Waals surface area contributed by atoms with Gasteiger partial charge < -0.3 is 9.73 Å². The lowest BCUT2D eigenvalue weighted by Crippen LogP contribution is -2.33. The lowest BCUT2D eigenvalue weighted by molar-refractivity contribution is 0.0951. The average Bonchev–Trinajstić information content (AvgIpc) is 3.30. The second-order valence-corrected chi connectivity index (χ2v) is 8.52. The molecule has 0 atom stereocenters. The van der Waals surface area contributed by atoms with Gasteiger partial charge in [0, 0.05) is 10.6 Å². The van der Waals surface area contributed by atoms with Gasteiger partial charge in [0.15, 0.2) is 16.0 Å². The largest absolute Gasteiger partial charge is 0.451 e. The van der Waals surface area contributed by atoms with Crippen LogP contribution in [0.5, 0.6) is 0 Å². The van der Waals surface area contributed by atoms with Crippen LogP contribution in [0.15, 0.2) is 52.9 Å². The van der Waals surface area contributed by atoms with E-state index < -0.39 is 5.91 Å². The van der Waals surface area contributed by atoms with E-state index in [1.54, 1.807) is 36.4 Å². The quantitative estimate of drug-likeness (QED) is 0.320. The van der Waals surface area contributed by atoms with Crippen molar-refractivity contribution in [2.75, 3.05) is 5.32 Å². The number of nitrogens with zero attached hydrogens (tertiary/aromatic N) is 1. The van der Waals surface area contributed by atoms with E-state index in [0.717, 1.165) is 10.2 Å². The summed E-state index contributed by atoms with van der Waals surface area (Å²) in [6.07, 6.45) is 0. The van der Waals surface area contributed by atoms with E-state index in [9.17, 15) is 4.79 Å². The van der Waals surface area contributed by atoms with Gasteiger partial charge >= 0.3 is 0 Å². The fraction of sp³-hybridized carbons (Fsp3) is 0. The molecule has 0 aliphatic heterocycles. The van der Waals surface area contributed by atoms with Gasteiger partial charge in [-0.05, 0) is 60.7 Å². The molecule has 0 unspecified atom stereocenters. The number of fused-ring (bicyclic) bond motifs is 1. The molecular formula is C19H10Cl3N3O2S2. The van der Waals surface area contributed by atoms with Gasteiger partial charge in [0.2, 0.25) is 0 Å². The Kier molecular flexibility index (Phi) is 5.76. The van der Waals surface area contributed by atoms with E-state index in [4.69, 9.17) is 51.4 Å². The molecule has 4 rings (SSSR count).